The average molecular weight is 235 g/mol. The van der Waals surface area contributed by atoms with Crippen LogP contribution in [0.25, 0.3) is 0 Å². The van der Waals surface area contributed by atoms with E-state index in [0.717, 1.165) is 25.5 Å². The minimum absolute atomic E-state index is 0.114. The quantitative estimate of drug-likeness (QED) is 0.786. The highest BCUT2D eigenvalue weighted by molar-refractivity contribution is 5.36. The molecule has 94 valence electrons. The summed E-state index contributed by atoms with van der Waals surface area (Å²) in [6.07, 6.45) is 5.56. The molecule has 0 radical (unpaired) electrons. The highest BCUT2D eigenvalue weighted by Crippen LogP contribution is 2.11. The molecule has 0 amide bonds. The number of piperazine rings is 1. The van der Waals surface area contributed by atoms with Gasteiger partial charge < -0.3 is 4.90 Å². The van der Waals surface area contributed by atoms with Gasteiger partial charge in [-0.05, 0) is 20.8 Å². The first-order valence-corrected chi connectivity index (χ1v) is 6.07. The number of hydrogen-bond acceptors (Lipinski definition) is 5. The number of nitrogens with one attached hydrogen (secondary N) is 2. The van der Waals surface area contributed by atoms with Crippen LogP contribution < -0.4 is 15.5 Å². The molecule has 5 heteroatoms. The lowest BCUT2D eigenvalue weighted by atomic mass is 10.1. The van der Waals surface area contributed by atoms with E-state index in [-0.39, 0.29) is 5.54 Å². The fourth-order valence-electron chi connectivity index (χ4n) is 2.03. The van der Waals surface area contributed by atoms with Crippen LogP contribution in [0.2, 0.25) is 0 Å². The first-order valence-electron chi connectivity index (χ1n) is 6.07. The lowest BCUT2D eigenvalue weighted by molar-refractivity contribution is 0.301. The number of hydrogen-bond donors (Lipinski definition) is 2. The molecule has 1 atom stereocenters. The predicted octanol–water partition coefficient (Wildman–Crippen LogP) is 0.600. The second-order valence-electron chi connectivity index (χ2n) is 5.41. The van der Waals surface area contributed by atoms with E-state index in [0.29, 0.717) is 6.17 Å². The summed E-state index contributed by atoms with van der Waals surface area (Å²) in [4.78, 5) is 10.7. The first-order chi connectivity index (χ1) is 8.04. The minimum atomic E-state index is 0.114. The van der Waals surface area contributed by atoms with Gasteiger partial charge in [-0.25, -0.2) is 4.98 Å². The Morgan fingerprint density at radius 1 is 1.41 bits per heavy atom. The van der Waals surface area contributed by atoms with Gasteiger partial charge in [0.25, 0.3) is 0 Å². The lowest BCUT2D eigenvalue weighted by Crippen LogP contribution is -2.61. The van der Waals surface area contributed by atoms with Gasteiger partial charge in [-0.1, -0.05) is 0 Å². The Balaban J connectivity index is 1.98. The molecule has 1 aromatic rings. The van der Waals surface area contributed by atoms with Crippen LogP contribution in [-0.4, -0.2) is 41.3 Å². The Hall–Kier alpha value is -1.20. The zero-order valence-electron chi connectivity index (χ0n) is 10.8. The number of nitrogens with zero attached hydrogens (tertiary/aromatic N) is 3. The van der Waals surface area contributed by atoms with E-state index >= 15 is 0 Å². The van der Waals surface area contributed by atoms with Crippen LogP contribution in [0.3, 0.4) is 0 Å². The maximum absolute atomic E-state index is 4.34. The van der Waals surface area contributed by atoms with Crippen molar-refractivity contribution >= 4 is 5.82 Å². The van der Waals surface area contributed by atoms with E-state index in [4.69, 9.17) is 0 Å². The van der Waals surface area contributed by atoms with Crippen LogP contribution in [0.15, 0.2) is 18.6 Å². The third kappa shape index (κ3) is 3.64. The Morgan fingerprint density at radius 2 is 2.24 bits per heavy atom. The van der Waals surface area contributed by atoms with Crippen molar-refractivity contribution in [1.29, 1.82) is 0 Å². The van der Waals surface area contributed by atoms with Crippen LogP contribution >= 0.6 is 0 Å². The van der Waals surface area contributed by atoms with Gasteiger partial charge in [0.05, 0.1) is 12.4 Å². The number of rotatable bonds is 2. The number of aromatic nitrogens is 2. The van der Waals surface area contributed by atoms with Gasteiger partial charge in [0, 0.05) is 37.6 Å². The highest BCUT2D eigenvalue weighted by Gasteiger charge is 2.23. The Bertz CT molecular complexity index is 346. The summed E-state index contributed by atoms with van der Waals surface area (Å²) in [5.74, 6) is 0.953. The van der Waals surface area contributed by atoms with Gasteiger partial charge in [-0.15, -0.1) is 0 Å². The molecule has 0 saturated carbocycles. The van der Waals surface area contributed by atoms with Crippen LogP contribution in [0.5, 0.6) is 0 Å². The summed E-state index contributed by atoms with van der Waals surface area (Å²) in [7, 11) is 0. The molecule has 2 N–H and O–H groups in total. The molecule has 0 aliphatic carbocycles. The van der Waals surface area contributed by atoms with E-state index in [2.05, 4.69) is 46.3 Å². The second-order valence-corrected chi connectivity index (χ2v) is 5.41. The Morgan fingerprint density at radius 3 is 2.88 bits per heavy atom. The zero-order valence-corrected chi connectivity index (χ0v) is 10.8. The predicted molar refractivity (Wildman–Crippen MR) is 68.9 cm³/mol. The van der Waals surface area contributed by atoms with E-state index < -0.39 is 0 Å². The van der Waals surface area contributed by atoms with Gasteiger partial charge in [-0.2, -0.15) is 0 Å². The largest absolute Gasteiger partial charge is 0.351 e. The van der Waals surface area contributed by atoms with Crippen molar-refractivity contribution in [2.24, 2.45) is 0 Å². The van der Waals surface area contributed by atoms with Gasteiger partial charge in [-0.3, -0.25) is 15.6 Å². The Labute approximate surface area is 103 Å². The molecule has 2 rings (SSSR count). The van der Waals surface area contributed by atoms with Crippen LogP contribution in [0, 0.1) is 0 Å². The molecule has 0 spiro atoms. The third-order valence-electron chi connectivity index (χ3n) is 2.66. The molecule has 1 unspecified atom stereocenters. The van der Waals surface area contributed by atoms with E-state index in [9.17, 15) is 0 Å². The molecule has 0 bridgehead atoms. The molecule has 17 heavy (non-hydrogen) atoms. The van der Waals surface area contributed by atoms with Crippen molar-refractivity contribution in [3.8, 4) is 0 Å². The monoisotopic (exact) mass is 235 g/mol. The topological polar surface area (TPSA) is 53.1 Å². The normalized spacial score (nSPS) is 21.6. The zero-order chi connectivity index (χ0) is 12.3. The third-order valence-corrected chi connectivity index (χ3v) is 2.66. The fraction of sp³-hybridized carbons (Fsp3) is 0.667. The van der Waals surface area contributed by atoms with Crippen molar-refractivity contribution in [3.05, 3.63) is 18.6 Å². The maximum atomic E-state index is 4.34. The average Bonchev–Trinajstić information content (AvgIpc) is 2.28. The van der Waals surface area contributed by atoms with Crippen molar-refractivity contribution < 1.29 is 0 Å². The minimum Gasteiger partial charge on any atom is -0.351 e. The number of anilines is 1. The molecule has 2 heterocycles. The molecule has 1 saturated heterocycles. The van der Waals surface area contributed by atoms with Crippen LogP contribution in [0.1, 0.15) is 20.8 Å². The molecule has 1 aliphatic rings. The van der Waals surface area contributed by atoms with E-state index in [1.807, 2.05) is 6.20 Å². The summed E-state index contributed by atoms with van der Waals surface area (Å²) in [6.45, 7) is 9.38. The standard InChI is InChI=1S/C12H21N5/c1-12(2,3)16-10-9-17(7-6-14-10)11-8-13-4-5-15-11/h4-5,8,10,14,16H,6-7,9H2,1-3H3. The summed E-state index contributed by atoms with van der Waals surface area (Å²) < 4.78 is 0. The van der Waals surface area contributed by atoms with Crippen molar-refractivity contribution in [2.75, 3.05) is 24.5 Å². The van der Waals surface area contributed by atoms with Gasteiger partial charge in [0.2, 0.25) is 0 Å². The van der Waals surface area contributed by atoms with Gasteiger partial charge in [0.15, 0.2) is 0 Å². The van der Waals surface area contributed by atoms with Crippen LogP contribution in [0.4, 0.5) is 5.82 Å². The molecule has 1 fully saturated rings. The van der Waals surface area contributed by atoms with Crippen molar-refractivity contribution in [3.63, 3.8) is 0 Å². The molecule has 1 aromatic heterocycles. The molecule has 5 nitrogen and oxygen atoms in total. The molecular formula is C12H21N5. The highest BCUT2D eigenvalue weighted by atomic mass is 15.3. The molecular weight excluding hydrogens is 214 g/mol. The van der Waals surface area contributed by atoms with E-state index in [1.165, 1.54) is 0 Å². The lowest BCUT2D eigenvalue weighted by Gasteiger charge is -2.38. The maximum Gasteiger partial charge on any atom is 0.147 e. The summed E-state index contributed by atoms with van der Waals surface area (Å²) in [5, 5.41) is 7.03. The summed E-state index contributed by atoms with van der Waals surface area (Å²) >= 11 is 0. The smallest absolute Gasteiger partial charge is 0.147 e. The van der Waals surface area contributed by atoms with Crippen molar-refractivity contribution in [1.82, 2.24) is 20.6 Å². The summed E-state index contributed by atoms with van der Waals surface area (Å²) in [5.41, 5.74) is 0.114. The van der Waals surface area contributed by atoms with Crippen molar-refractivity contribution in [2.45, 2.75) is 32.5 Å². The van der Waals surface area contributed by atoms with Gasteiger partial charge >= 0.3 is 0 Å². The summed E-state index contributed by atoms with van der Waals surface area (Å²) in [6, 6.07) is 0. The fourth-order valence-corrected chi connectivity index (χ4v) is 2.03. The molecule has 1 aliphatic heterocycles. The van der Waals surface area contributed by atoms with Crippen LogP contribution in [-0.2, 0) is 0 Å². The second kappa shape index (κ2) is 4.98. The van der Waals surface area contributed by atoms with E-state index in [1.54, 1.807) is 12.4 Å². The first kappa shape index (κ1) is 12.3. The SMILES string of the molecule is CC(C)(C)NC1CN(c2cnccn2)CCN1. The van der Waals surface area contributed by atoms with Gasteiger partial charge in [0.1, 0.15) is 5.82 Å². The Kier molecular flexibility index (Phi) is 3.59. The molecule has 0 aromatic carbocycles.